The molecule has 1 heterocycles. The molecule has 0 saturated heterocycles. The van der Waals surface area contributed by atoms with Crippen molar-refractivity contribution in [1.82, 2.24) is 9.97 Å². The zero-order chi connectivity index (χ0) is 19.8. The molecular weight excluding hydrogens is 367 g/mol. The van der Waals surface area contributed by atoms with E-state index in [9.17, 15) is 9.18 Å². The fraction of sp³-hybridized carbons (Fsp3) is 0.0500. The lowest BCUT2D eigenvalue weighted by molar-refractivity contribution is -0.129. The molecular formula is C20H15FN2O5. The van der Waals surface area contributed by atoms with Crippen LogP contribution in [0.1, 0.15) is 0 Å². The van der Waals surface area contributed by atoms with E-state index in [0.29, 0.717) is 0 Å². The summed E-state index contributed by atoms with van der Waals surface area (Å²) in [5, 5.41) is 0. The van der Waals surface area contributed by atoms with Gasteiger partial charge in [0.1, 0.15) is 6.33 Å². The predicted molar refractivity (Wildman–Crippen MR) is 96.8 cm³/mol. The van der Waals surface area contributed by atoms with Crippen molar-refractivity contribution >= 4 is 5.97 Å². The van der Waals surface area contributed by atoms with Gasteiger partial charge in [-0.3, -0.25) is 0 Å². The highest BCUT2D eigenvalue weighted by molar-refractivity contribution is 5.85. The van der Waals surface area contributed by atoms with Crippen molar-refractivity contribution in [3.8, 4) is 28.9 Å². The molecule has 1 aromatic heterocycles. The summed E-state index contributed by atoms with van der Waals surface area (Å²) in [5.74, 6) is -0.938. The number of carbonyl (C=O) groups is 1. The minimum absolute atomic E-state index is 0.0357. The number of halogens is 1. The first-order valence-corrected chi connectivity index (χ1v) is 8.08. The van der Waals surface area contributed by atoms with E-state index in [2.05, 4.69) is 9.97 Å². The van der Waals surface area contributed by atoms with Crippen molar-refractivity contribution in [3.05, 3.63) is 79.2 Å². The smallest absolute Gasteiger partial charge is 0.339 e. The van der Waals surface area contributed by atoms with E-state index < -0.39 is 11.8 Å². The number of esters is 1. The molecule has 28 heavy (non-hydrogen) atoms. The summed E-state index contributed by atoms with van der Waals surface area (Å²) in [6.07, 6.45) is 5.04. The molecule has 0 N–H and O–H groups in total. The quantitative estimate of drug-likeness (QED) is 0.261. The Kier molecular flexibility index (Phi) is 6.14. The molecule has 0 bridgehead atoms. The normalized spacial score (nSPS) is 10.5. The van der Waals surface area contributed by atoms with Crippen LogP contribution in [-0.2, 0) is 9.53 Å². The number of hydrogen-bond donors (Lipinski definition) is 0. The van der Waals surface area contributed by atoms with Gasteiger partial charge in [0.05, 0.1) is 19.4 Å². The van der Waals surface area contributed by atoms with E-state index in [1.54, 1.807) is 18.2 Å². The fourth-order valence-electron chi connectivity index (χ4n) is 2.11. The molecule has 142 valence electrons. The van der Waals surface area contributed by atoms with Gasteiger partial charge in [-0.05, 0) is 24.3 Å². The maximum Gasteiger partial charge on any atom is 0.339 e. The monoisotopic (exact) mass is 382 g/mol. The van der Waals surface area contributed by atoms with E-state index in [1.807, 2.05) is 0 Å². The summed E-state index contributed by atoms with van der Waals surface area (Å²) >= 11 is 0. The summed E-state index contributed by atoms with van der Waals surface area (Å²) < 4.78 is 35.3. The Morgan fingerprint density at radius 2 is 1.75 bits per heavy atom. The van der Waals surface area contributed by atoms with Crippen molar-refractivity contribution in [2.45, 2.75) is 0 Å². The zero-order valence-electron chi connectivity index (χ0n) is 14.7. The molecule has 8 heteroatoms. The standard InChI is InChI=1S/C20H15FN2O5/c1-25-12-10-19(24)28-20-16(26-15-6-3-2-5-14(15)21)7-4-8-17(20)27-18-9-11-22-13-23-18/h2-13H,1H3. The summed E-state index contributed by atoms with van der Waals surface area (Å²) in [5.41, 5.74) is 0. The number of aromatic nitrogens is 2. The second kappa shape index (κ2) is 9.13. The van der Waals surface area contributed by atoms with Crippen LogP contribution in [0.3, 0.4) is 0 Å². The molecule has 3 aromatic rings. The van der Waals surface area contributed by atoms with Gasteiger partial charge in [-0.1, -0.05) is 18.2 Å². The maximum atomic E-state index is 14.0. The van der Waals surface area contributed by atoms with Crippen LogP contribution in [0.4, 0.5) is 4.39 Å². The van der Waals surface area contributed by atoms with E-state index in [-0.39, 0.29) is 28.9 Å². The second-order valence-electron chi connectivity index (χ2n) is 5.23. The predicted octanol–water partition coefficient (Wildman–Crippen LogP) is 4.27. The summed E-state index contributed by atoms with van der Waals surface area (Å²) in [6, 6.07) is 12.1. The van der Waals surface area contributed by atoms with E-state index in [0.717, 1.165) is 12.3 Å². The number of methoxy groups -OCH3 is 1. The van der Waals surface area contributed by atoms with Crippen LogP contribution in [0.2, 0.25) is 0 Å². The van der Waals surface area contributed by atoms with Gasteiger partial charge in [-0.15, -0.1) is 0 Å². The van der Waals surface area contributed by atoms with E-state index in [4.69, 9.17) is 18.9 Å². The molecule has 0 aliphatic rings. The van der Waals surface area contributed by atoms with Crippen molar-refractivity contribution in [3.63, 3.8) is 0 Å². The highest BCUT2D eigenvalue weighted by atomic mass is 19.1. The first-order chi connectivity index (χ1) is 13.7. The third-order valence-electron chi connectivity index (χ3n) is 3.31. The number of para-hydroxylation sites is 2. The van der Waals surface area contributed by atoms with Gasteiger partial charge in [-0.2, -0.15) is 0 Å². The molecule has 7 nitrogen and oxygen atoms in total. The zero-order valence-corrected chi connectivity index (χ0v) is 14.7. The van der Waals surface area contributed by atoms with Gasteiger partial charge in [-0.25, -0.2) is 19.2 Å². The molecule has 0 atom stereocenters. The highest BCUT2D eigenvalue weighted by Crippen LogP contribution is 2.41. The van der Waals surface area contributed by atoms with Crippen molar-refractivity contribution in [1.29, 1.82) is 0 Å². The third-order valence-corrected chi connectivity index (χ3v) is 3.31. The average molecular weight is 382 g/mol. The average Bonchev–Trinajstić information content (AvgIpc) is 2.71. The van der Waals surface area contributed by atoms with Gasteiger partial charge < -0.3 is 18.9 Å². The fourth-order valence-corrected chi connectivity index (χ4v) is 2.11. The Morgan fingerprint density at radius 3 is 2.46 bits per heavy atom. The lowest BCUT2D eigenvalue weighted by atomic mass is 10.2. The van der Waals surface area contributed by atoms with Crippen LogP contribution < -0.4 is 14.2 Å². The first-order valence-electron chi connectivity index (χ1n) is 8.08. The summed E-state index contributed by atoms with van der Waals surface area (Å²) in [4.78, 5) is 19.8. The van der Waals surface area contributed by atoms with Crippen LogP contribution in [0.5, 0.6) is 28.9 Å². The van der Waals surface area contributed by atoms with Crippen LogP contribution in [0, 0.1) is 5.82 Å². The molecule has 0 fully saturated rings. The molecule has 2 aromatic carbocycles. The first kappa shape index (κ1) is 18.8. The number of hydrogen-bond acceptors (Lipinski definition) is 7. The summed E-state index contributed by atoms with van der Waals surface area (Å²) in [6.45, 7) is 0. The van der Waals surface area contributed by atoms with Crippen molar-refractivity contribution < 1.29 is 28.1 Å². The van der Waals surface area contributed by atoms with Gasteiger partial charge in [0.25, 0.3) is 0 Å². The molecule has 0 spiro atoms. The molecule has 0 amide bonds. The van der Waals surface area contributed by atoms with Gasteiger partial charge in [0, 0.05) is 12.3 Å². The van der Waals surface area contributed by atoms with Crippen LogP contribution in [0.15, 0.2) is 73.4 Å². The van der Waals surface area contributed by atoms with Crippen LogP contribution >= 0.6 is 0 Å². The van der Waals surface area contributed by atoms with E-state index >= 15 is 0 Å². The number of benzene rings is 2. The third kappa shape index (κ3) is 4.82. The number of nitrogens with zero attached hydrogens (tertiary/aromatic N) is 2. The number of ether oxygens (including phenoxy) is 4. The van der Waals surface area contributed by atoms with Crippen LogP contribution in [-0.4, -0.2) is 23.0 Å². The minimum atomic E-state index is -0.737. The Bertz CT molecular complexity index is 979. The molecule has 0 unspecified atom stereocenters. The Morgan fingerprint density at radius 1 is 1.00 bits per heavy atom. The van der Waals surface area contributed by atoms with Gasteiger partial charge >= 0.3 is 5.97 Å². The molecule has 0 saturated carbocycles. The molecule has 0 radical (unpaired) electrons. The SMILES string of the molecule is COC=CC(=O)Oc1c(Oc2ccncn2)cccc1Oc1ccccc1F. The number of carbonyl (C=O) groups excluding carboxylic acids is 1. The number of rotatable bonds is 7. The molecule has 3 rings (SSSR count). The lowest BCUT2D eigenvalue weighted by Gasteiger charge is -2.15. The Hall–Kier alpha value is -3.94. The van der Waals surface area contributed by atoms with E-state index in [1.165, 1.54) is 50.0 Å². The topological polar surface area (TPSA) is 79.8 Å². The molecule has 0 aliphatic carbocycles. The Labute approximate surface area is 160 Å². The van der Waals surface area contributed by atoms with Gasteiger partial charge in [0.15, 0.2) is 23.1 Å². The second-order valence-corrected chi connectivity index (χ2v) is 5.23. The molecule has 0 aliphatic heterocycles. The minimum Gasteiger partial charge on any atom is -0.504 e. The van der Waals surface area contributed by atoms with Gasteiger partial charge in [0.2, 0.25) is 11.6 Å². The van der Waals surface area contributed by atoms with Crippen molar-refractivity contribution in [2.75, 3.05) is 7.11 Å². The largest absolute Gasteiger partial charge is 0.504 e. The maximum absolute atomic E-state index is 14.0. The van der Waals surface area contributed by atoms with Crippen LogP contribution in [0.25, 0.3) is 0 Å². The highest BCUT2D eigenvalue weighted by Gasteiger charge is 2.18. The lowest BCUT2D eigenvalue weighted by Crippen LogP contribution is -2.06. The van der Waals surface area contributed by atoms with Crippen molar-refractivity contribution in [2.24, 2.45) is 0 Å². The Balaban J connectivity index is 1.97. The summed E-state index contributed by atoms with van der Waals surface area (Å²) in [7, 11) is 1.39.